The van der Waals surface area contributed by atoms with Crippen LogP contribution in [0.15, 0.2) is 18.2 Å². The molecule has 6 nitrogen and oxygen atoms in total. The summed E-state index contributed by atoms with van der Waals surface area (Å²) in [5.41, 5.74) is 0.723. The van der Waals surface area contributed by atoms with E-state index in [1.165, 1.54) is 28.8 Å². The van der Waals surface area contributed by atoms with Crippen LogP contribution in [0.1, 0.15) is 12.5 Å². The summed E-state index contributed by atoms with van der Waals surface area (Å²) in [5, 5.41) is 20.5. The third-order valence-corrected chi connectivity index (χ3v) is 4.61. The standard InChI is InChI=1S/C13H12ClN3O3S/c1-7-17(11(6-21-7)12(18)19)13(20)16-9-3-2-8(5-15)10(14)4-9/h2-4,7,11H,6H2,1H3,(H,16,20)(H,18,19). The summed E-state index contributed by atoms with van der Waals surface area (Å²) in [4.78, 5) is 24.7. The highest BCUT2D eigenvalue weighted by Gasteiger charge is 2.39. The number of anilines is 1. The maximum Gasteiger partial charge on any atom is 0.327 e. The van der Waals surface area contributed by atoms with E-state index in [2.05, 4.69) is 5.32 Å². The van der Waals surface area contributed by atoms with Crippen molar-refractivity contribution >= 4 is 41.1 Å². The van der Waals surface area contributed by atoms with Crippen LogP contribution in [0, 0.1) is 11.3 Å². The molecule has 8 heteroatoms. The zero-order valence-corrected chi connectivity index (χ0v) is 12.6. The van der Waals surface area contributed by atoms with Crippen molar-refractivity contribution in [1.29, 1.82) is 5.26 Å². The van der Waals surface area contributed by atoms with E-state index in [4.69, 9.17) is 22.0 Å². The molecular formula is C13H12ClN3O3S. The average Bonchev–Trinajstić information content (AvgIpc) is 2.81. The average molecular weight is 326 g/mol. The van der Waals surface area contributed by atoms with Gasteiger partial charge in [0.2, 0.25) is 0 Å². The molecule has 1 saturated heterocycles. The molecule has 1 aromatic rings. The number of hydrogen-bond acceptors (Lipinski definition) is 4. The summed E-state index contributed by atoms with van der Waals surface area (Å²) in [5.74, 6) is -0.669. The quantitative estimate of drug-likeness (QED) is 0.871. The molecule has 2 atom stereocenters. The fourth-order valence-electron chi connectivity index (χ4n) is 2.01. The zero-order chi connectivity index (χ0) is 15.6. The second-order valence-electron chi connectivity index (χ2n) is 4.43. The SMILES string of the molecule is CC1SCC(C(=O)O)N1C(=O)Nc1ccc(C#N)c(Cl)c1. The topological polar surface area (TPSA) is 93.4 Å². The Morgan fingerprint density at radius 1 is 1.57 bits per heavy atom. The van der Waals surface area contributed by atoms with Crippen LogP contribution in [-0.2, 0) is 4.79 Å². The number of urea groups is 1. The smallest absolute Gasteiger partial charge is 0.327 e. The number of thioether (sulfide) groups is 1. The summed E-state index contributed by atoms with van der Waals surface area (Å²) >= 11 is 7.30. The first-order chi connectivity index (χ1) is 9.93. The molecular weight excluding hydrogens is 314 g/mol. The number of aliphatic carboxylic acids is 1. The van der Waals surface area contributed by atoms with Crippen LogP contribution in [0.2, 0.25) is 5.02 Å². The van der Waals surface area contributed by atoms with Gasteiger partial charge in [-0.2, -0.15) is 5.26 Å². The fourth-order valence-corrected chi connectivity index (χ4v) is 3.40. The monoisotopic (exact) mass is 325 g/mol. The maximum absolute atomic E-state index is 12.2. The van der Waals surface area contributed by atoms with Crippen LogP contribution in [-0.4, -0.2) is 39.2 Å². The van der Waals surface area contributed by atoms with Crippen molar-refractivity contribution in [1.82, 2.24) is 4.90 Å². The molecule has 1 heterocycles. The third kappa shape index (κ3) is 3.23. The predicted octanol–water partition coefficient (Wildman–Crippen LogP) is 2.59. The van der Waals surface area contributed by atoms with E-state index in [-0.39, 0.29) is 10.4 Å². The molecule has 2 N–H and O–H groups in total. The van der Waals surface area contributed by atoms with Crippen molar-refractivity contribution in [2.75, 3.05) is 11.1 Å². The number of benzene rings is 1. The molecule has 0 spiro atoms. The van der Waals surface area contributed by atoms with Gasteiger partial charge in [0.25, 0.3) is 0 Å². The van der Waals surface area contributed by atoms with Gasteiger partial charge in [-0.1, -0.05) is 11.6 Å². The van der Waals surface area contributed by atoms with Crippen LogP contribution in [0.5, 0.6) is 0 Å². The fraction of sp³-hybridized carbons (Fsp3) is 0.308. The second kappa shape index (κ2) is 6.24. The highest BCUT2D eigenvalue weighted by molar-refractivity contribution is 8.00. The molecule has 110 valence electrons. The van der Waals surface area contributed by atoms with Crippen molar-refractivity contribution in [3.63, 3.8) is 0 Å². The lowest BCUT2D eigenvalue weighted by Crippen LogP contribution is -2.46. The number of rotatable bonds is 2. The molecule has 2 amide bonds. The summed E-state index contributed by atoms with van der Waals surface area (Å²) in [6.07, 6.45) is 0. The number of amides is 2. The number of carboxylic acid groups (broad SMARTS) is 1. The molecule has 0 saturated carbocycles. The van der Waals surface area contributed by atoms with E-state index in [0.717, 1.165) is 0 Å². The van der Waals surface area contributed by atoms with E-state index < -0.39 is 18.0 Å². The lowest BCUT2D eigenvalue weighted by molar-refractivity contribution is -0.141. The van der Waals surface area contributed by atoms with Gasteiger partial charge >= 0.3 is 12.0 Å². The lowest BCUT2D eigenvalue weighted by Gasteiger charge is -2.25. The Morgan fingerprint density at radius 3 is 2.86 bits per heavy atom. The first-order valence-corrected chi connectivity index (χ1v) is 7.50. The van der Waals surface area contributed by atoms with E-state index >= 15 is 0 Å². The van der Waals surface area contributed by atoms with Gasteiger partial charge in [0.1, 0.15) is 12.1 Å². The van der Waals surface area contributed by atoms with Gasteiger partial charge in [0.05, 0.1) is 16.0 Å². The largest absolute Gasteiger partial charge is 0.480 e. The van der Waals surface area contributed by atoms with Crippen molar-refractivity contribution in [2.24, 2.45) is 0 Å². The van der Waals surface area contributed by atoms with Crippen molar-refractivity contribution in [2.45, 2.75) is 18.3 Å². The van der Waals surface area contributed by atoms with Gasteiger partial charge in [-0.25, -0.2) is 9.59 Å². The number of halogens is 1. The minimum absolute atomic E-state index is 0.222. The lowest BCUT2D eigenvalue weighted by atomic mass is 10.2. The first-order valence-electron chi connectivity index (χ1n) is 6.07. The molecule has 1 aromatic carbocycles. The summed E-state index contributed by atoms with van der Waals surface area (Å²) in [6, 6.07) is 5.08. The van der Waals surface area contributed by atoms with Crippen molar-refractivity contribution in [3.05, 3.63) is 28.8 Å². The molecule has 0 aliphatic carbocycles. The molecule has 2 unspecified atom stereocenters. The normalized spacial score (nSPS) is 20.9. The number of nitriles is 1. The molecule has 0 radical (unpaired) electrons. The third-order valence-electron chi connectivity index (χ3n) is 3.08. The Morgan fingerprint density at radius 2 is 2.29 bits per heavy atom. The van der Waals surface area contributed by atoms with Crippen LogP contribution in [0.25, 0.3) is 0 Å². The summed E-state index contributed by atoms with van der Waals surface area (Å²) < 4.78 is 0. The summed E-state index contributed by atoms with van der Waals surface area (Å²) in [6.45, 7) is 1.78. The highest BCUT2D eigenvalue weighted by atomic mass is 35.5. The van der Waals surface area contributed by atoms with E-state index in [0.29, 0.717) is 17.0 Å². The van der Waals surface area contributed by atoms with Crippen LogP contribution >= 0.6 is 23.4 Å². The Balaban J connectivity index is 2.16. The molecule has 1 fully saturated rings. The zero-order valence-electron chi connectivity index (χ0n) is 11.0. The van der Waals surface area contributed by atoms with Gasteiger partial charge in [-0.05, 0) is 25.1 Å². The molecule has 21 heavy (non-hydrogen) atoms. The number of carbonyl (C=O) groups excluding carboxylic acids is 1. The van der Waals surface area contributed by atoms with Gasteiger partial charge in [0.15, 0.2) is 0 Å². The van der Waals surface area contributed by atoms with Crippen LogP contribution < -0.4 is 5.32 Å². The van der Waals surface area contributed by atoms with Gasteiger partial charge < -0.3 is 10.4 Å². The molecule has 0 bridgehead atoms. The van der Waals surface area contributed by atoms with Crippen molar-refractivity contribution < 1.29 is 14.7 Å². The van der Waals surface area contributed by atoms with Crippen LogP contribution in [0.4, 0.5) is 10.5 Å². The second-order valence-corrected chi connectivity index (χ2v) is 6.19. The van der Waals surface area contributed by atoms with E-state index in [9.17, 15) is 9.59 Å². The molecule has 0 aromatic heterocycles. The number of carbonyl (C=O) groups is 2. The Kier molecular flexibility index (Phi) is 4.60. The summed E-state index contributed by atoms with van der Waals surface area (Å²) in [7, 11) is 0. The Hall–Kier alpha value is -1.91. The Labute approximate surface area is 130 Å². The van der Waals surface area contributed by atoms with E-state index in [1.807, 2.05) is 6.07 Å². The van der Waals surface area contributed by atoms with Gasteiger partial charge in [0, 0.05) is 11.4 Å². The number of carboxylic acids is 1. The first kappa shape index (κ1) is 15.5. The maximum atomic E-state index is 12.2. The number of nitrogens with one attached hydrogen (secondary N) is 1. The molecule has 2 rings (SSSR count). The number of nitrogens with zero attached hydrogens (tertiary/aromatic N) is 2. The van der Waals surface area contributed by atoms with E-state index in [1.54, 1.807) is 13.0 Å². The van der Waals surface area contributed by atoms with Crippen molar-refractivity contribution in [3.8, 4) is 6.07 Å². The number of hydrogen-bond donors (Lipinski definition) is 2. The molecule has 1 aliphatic heterocycles. The van der Waals surface area contributed by atoms with Gasteiger partial charge in [-0.3, -0.25) is 4.90 Å². The molecule has 1 aliphatic rings. The van der Waals surface area contributed by atoms with Gasteiger partial charge in [-0.15, -0.1) is 11.8 Å². The van der Waals surface area contributed by atoms with Crippen LogP contribution in [0.3, 0.4) is 0 Å². The Bertz CT molecular complexity index is 632. The highest BCUT2D eigenvalue weighted by Crippen LogP contribution is 2.30. The minimum Gasteiger partial charge on any atom is -0.480 e. The minimum atomic E-state index is -1.03. The predicted molar refractivity (Wildman–Crippen MR) is 80.4 cm³/mol.